The number of carbonyl (C=O) groups is 2. The van der Waals surface area contributed by atoms with Crippen molar-refractivity contribution in [1.29, 1.82) is 0 Å². The van der Waals surface area contributed by atoms with Crippen molar-refractivity contribution in [2.24, 2.45) is 10.9 Å². The first-order valence-electron chi connectivity index (χ1n) is 15.0. The predicted octanol–water partition coefficient (Wildman–Crippen LogP) is 7.95. The molecule has 2 aromatic carbocycles. The van der Waals surface area contributed by atoms with E-state index in [4.69, 9.17) is 4.74 Å². The maximum Gasteiger partial charge on any atom is 0.419 e. The fourth-order valence-corrected chi connectivity index (χ4v) is 5.32. The minimum atomic E-state index is -4.76. The van der Waals surface area contributed by atoms with Gasteiger partial charge in [0.25, 0.3) is 0 Å². The minimum absolute atomic E-state index is 0.0635. The molecule has 0 radical (unpaired) electrons. The summed E-state index contributed by atoms with van der Waals surface area (Å²) in [7, 11) is 1.25. The number of benzene rings is 2. The Morgan fingerprint density at radius 2 is 1.80 bits per heavy atom. The molecule has 1 aliphatic carbocycles. The Hall–Kier alpha value is -4.61. The standard InChI is InChI=1S/C36H36F4N2O4/c1-35(2,3)46-34(44)26-11-7-10-24(13-15-26)29-18-17-28(21-31(29)37)42-32-19-16-25(30(22-41-32)36(38,39)40)14-12-23-8-5-6-9-27(23)20-33(43)45-4/h5-6,8-9,16-18,21-22,24,26,42H,7,10-11,13,15,20H2,1-4H3. The van der Waals surface area contributed by atoms with E-state index in [1.165, 1.54) is 13.2 Å². The molecule has 4 rings (SSSR count). The molecule has 1 heterocycles. The number of esters is 2. The van der Waals surface area contributed by atoms with E-state index in [1.807, 2.05) is 20.8 Å². The van der Waals surface area contributed by atoms with Gasteiger partial charge in [0.1, 0.15) is 11.4 Å². The number of hydrogen-bond donors (Lipinski definition) is 1. The van der Waals surface area contributed by atoms with E-state index < -0.39 is 29.1 Å². The van der Waals surface area contributed by atoms with Gasteiger partial charge in [-0.2, -0.15) is 13.2 Å². The lowest BCUT2D eigenvalue weighted by atomic mass is 9.90. The average molecular weight is 637 g/mol. The number of rotatable bonds is 6. The van der Waals surface area contributed by atoms with Crippen LogP contribution in [0.2, 0.25) is 0 Å². The number of alkyl halides is 3. The van der Waals surface area contributed by atoms with Gasteiger partial charge in [0.05, 0.1) is 25.0 Å². The molecule has 242 valence electrons. The zero-order chi connectivity index (χ0) is 33.5. The highest BCUT2D eigenvalue weighted by Gasteiger charge is 2.35. The van der Waals surface area contributed by atoms with Crippen LogP contribution in [0.4, 0.5) is 23.2 Å². The largest absolute Gasteiger partial charge is 0.469 e. The Morgan fingerprint density at radius 1 is 1.04 bits per heavy atom. The molecule has 2 atom stereocenters. The molecule has 2 aromatic rings. The van der Waals surface area contributed by atoms with Crippen molar-refractivity contribution in [3.05, 3.63) is 93.7 Å². The maximum absolute atomic E-state index is 15.3. The third kappa shape index (κ3) is 9.45. The molecule has 10 heteroatoms. The van der Waals surface area contributed by atoms with E-state index in [0.29, 0.717) is 42.2 Å². The summed E-state index contributed by atoms with van der Waals surface area (Å²) in [5, 5.41) is 2.83. The molecule has 0 aromatic heterocycles. The Balaban J connectivity index is 1.51. The first-order chi connectivity index (χ1) is 21.7. The number of anilines is 1. The van der Waals surface area contributed by atoms with Crippen molar-refractivity contribution in [2.45, 2.75) is 77.0 Å². The molecule has 1 aliphatic heterocycles. The second-order valence-electron chi connectivity index (χ2n) is 12.2. The third-order valence-corrected chi connectivity index (χ3v) is 7.60. The first kappa shape index (κ1) is 34.3. The lowest BCUT2D eigenvalue weighted by Gasteiger charge is -2.23. The van der Waals surface area contributed by atoms with E-state index >= 15 is 4.39 Å². The normalized spacial score (nSPS) is 18.5. The lowest BCUT2D eigenvalue weighted by molar-refractivity contribution is -0.160. The van der Waals surface area contributed by atoms with Gasteiger partial charge in [-0.15, -0.1) is 0 Å². The van der Waals surface area contributed by atoms with Gasteiger partial charge >= 0.3 is 18.1 Å². The second-order valence-corrected chi connectivity index (χ2v) is 12.2. The summed E-state index contributed by atoms with van der Waals surface area (Å²) in [6, 6.07) is 11.2. The zero-order valence-corrected chi connectivity index (χ0v) is 26.2. The fourth-order valence-electron chi connectivity index (χ4n) is 5.32. The van der Waals surface area contributed by atoms with Crippen molar-refractivity contribution < 1.29 is 36.6 Å². The number of halogens is 4. The molecule has 1 N–H and O–H groups in total. The van der Waals surface area contributed by atoms with Crippen molar-refractivity contribution >= 4 is 23.8 Å². The van der Waals surface area contributed by atoms with Gasteiger partial charge in [-0.3, -0.25) is 9.59 Å². The molecule has 46 heavy (non-hydrogen) atoms. The highest BCUT2D eigenvalue weighted by atomic mass is 19.4. The Bertz CT molecular complexity index is 1660. The topological polar surface area (TPSA) is 77.0 Å². The summed E-state index contributed by atoms with van der Waals surface area (Å²) in [6.07, 6.45) is 0.289. The molecule has 0 bridgehead atoms. The van der Waals surface area contributed by atoms with E-state index in [2.05, 4.69) is 32.6 Å². The predicted molar refractivity (Wildman–Crippen MR) is 167 cm³/mol. The van der Waals surface area contributed by atoms with Crippen LogP contribution in [0.25, 0.3) is 0 Å². The summed E-state index contributed by atoms with van der Waals surface area (Å²) in [5.41, 5.74) is 2.38. The minimum Gasteiger partial charge on any atom is -0.469 e. The van der Waals surface area contributed by atoms with Gasteiger partial charge in [0, 0.05) is 29.1 Å². The smallest absolute Gasteiger partial charge is 0.419 e. The summed E-state index contributed by atoms with van der Waals surface area (Å²) in [4.78, 5) is 28.2. The molecule has 0 saturated heterocycles. The number of allylic oxidation sites excluding steroid dienone is 3. The molecule has 0 spiro atoms. The van der Waals surface area contributed by atoms with Crippen LogP contribution < -0.4 is 5.32 Å². The number of nitrogens with one attached hydrogen (secondary N) is 1. The van der Waals surface area contributed by atoms with Gasteiger partial charge in [-0.05, 0) is 81.7 Å². The molecule has 2 aliphatic rings. The van der Waals surface area contributed by atoms with Crippen LogP contribution in [0.15, 0.2) is 76.2 Å². The van der Waals surface area contributed by atoms with Crippen LogP contribution in [0.1, 0.15) is 75.5 Å². The Kier molecular flexibility index (Phi) is 10.9. The molecule has 1 fully saturated rings. The van der Waals surface area contributed by atoms with Gasteiger partial charge in [0.2, 0.25) is 0 Å². The number of aliphatic imine (C=N–C) groups is 1. The highest BCUT2D eigenvalue weighted by Crippen LogP contribution is 2.37. The Morgan fingerprint density at radius 3 is 2.50 bits per heavy atom. The van der Waals surface area contributed by atoms with E-state index in [1.54, 1.807) is 36.4 Å². The van der Waals surface area contributed by atoms with Gasteiger partial charge in [0.15, 0.2) is 5.82 Å². The third-order valence-electron chi connectivity index (χ3n) is 7.60. The molecular weight excluding hydrogens is 600 g/mol. The molecule has 6 nitrogen and oxygen atoms in total. The summed E-state index contributed by atoms with van der Waals surface area (Å²) >= 11 is 0. The molecule has 0 amide bonds. The quantitative estimate of drug-likeness (QED) is 0.115. The molecule has 1 saturated carbocycles. The van der Waals surface area contributed by atoms with Crippen molar-refractivity contribution in [2.75, 3.05) is 12.4 Å². The number of carbonyl (C=O) groups excluding carboxylic acids is 2. The lowest BCUT2D eigenvalue weighted by Crippen LogP contribution is -2.28. The van der Waals surface area contributed by atoms with E-state index in [9.17, 15) is 22.8 Å². The summed E-state index contributed by atoms with van der Waals surface area (Å²) in [5.74, 6) is 3.72. The highest BCUT2D eigenvalue weighted by molar-refractivity contribution is 5.86. The van der Waals surface area contributed by atoms with Crippen LogP contribution >= 0.6 is 0 Å². The second kappa shape index (κ2) is 14.7. The number of ether oxygens (including phenoxy) is 2. The van der Waals surface area contributed by atoms with Crippen molar-refractivity contribution in [1.82, 2.24) is 0 Å². The zero-order valence-electron chi connectivity index (χ0n) is 26.2. The van der Waals surface area contributed by atoms with Crippen molar-refractivity contribution in [3.63, 3.8) is 0 Å². The number of hydrogen-bond acceptors (Lipinski definition) is 6. The van der Waals surface area contributed by atoms with E-state index in [-0.39, 0.29) is 41.3 Å². The number of methoxy groups -OCH3 is 1. The Labute approximate surface area is 266 Å². The monoisotopic (exact) mass is 636 g/mol. The van der Waals surface area contributed by atoms with Crippen LogP contribution in [0.3, 0.4) is 0 Å². The van der Waals surface area contributed by atoms with E-state index in [0.717, 1.165) is 18.9 Å². The van der Waals surface area contributed by atoms with Crippen molar-refractivity contribution in [3.8, 4) is 11.8 Å². The van der Waals surface area contributed by atoms with Gasteiger partial charge in [-0.25, -0.2) is 9.38 Å². The maximum atomic E-state index is 15.3. The molecule has 2 unspecified atom stereocenters. The van der Waals surface area contributed by atoms with Crippen LogP contribution in [-0.2, 0) is 25.5 Å². The van der Waals surface area contributed by atoms with Gasteiger partial charge < -0.3 is 14.8 Å². The van der Waals surface area contributed by atoms with Crippen LogP contribution in [0.5, 0.6) is 0 Å². The number of nitrogens with zero attached hydrogens (tertiary/aromatic N) is 1. The van der Waals surface area contributed by atoms with Crippen LogP contribution in [0, 0.1) is 23.6 Å². The SMILES string of the molecule is COC(=O)Cc1ccccc1C#CC1=C(C(F)(F)F)C=NC(Nc2ccc(C3CCCC(C(=O)OC(C)(C)C)CC3)c(F)c2)=C=C1. The first-order valence-corrected chi connectivity index (χ1v) is 15.0. The summed E-state index contributed by atoms with van der Waals surface area (Å²) in [6.45, 7) is 5.49. The fraction of sp³-hybridized carbons (Fsp3) is 0.389. The average Bonchev–Trinajstić information content (AvgIpc) is 3.35. The summed E-state index contributed by atoms with van der Waals surface area (Å²) < 4.78 is 67.5. The van der Waals surface area contributed by atoms with Gasteiger partial charge in [-0.1, -0.05) is 48.3 Å². The van der Waals surface area contributed by atoms with Crippen LogP contribution in [-0.4, -0.2) is 37.0 Å². The molecular formula is C36H36F4N2O4.